The van der Waals surface area contributed by atoms with Gasteiger partial charge in [0.1, 0.15) is 11.6 Å². The number of nitrogens with zero attached hydrogens (tertiary/aromatic N) is 3. The van der Waals surface area contributed by atoms with Crippen LogP contribution in [0.4, 0.5) is 28.8 Å². The summed E-state index contributed by atoms with van der Waals surface area (Å²) in [5, 5.41) is 6.68. The molecule has 2 N–H and O–H groups in total. The fourth-order valence-electron chi connectivity index (χ4n) is 3.27. The highest BCUT2D eigenvalue weighted by Gasteiger charge is 2.09. The molecule has 0 atom stereocenters. The zero-order valence-corrected chi connectivity index (χ0v) is 17.8. The van der Waals surface area contributed by atoms with Crippen molar-refractivity contribution in [1.29, 1.82) is 0 Å². The third kappa shape index (κ3) is 4.96. The zero-order valence-electron chi connectivity index (χ0n) is 17.8. The third-order valence-corrected chi connectivity index (χ3v) is 4.81. The summed E-state index contributed by atoms with van der Waals surface area (Å²) < 4.78 is 5.41. The van der Waals surface area contributed by atoms with Crippen LogP contribution in [0, 0.1) is 13.8 Å². The summed E-state index contributed by atoms with van der Waals surface area (Å²) in [6, 6.07) is 16.1. The summed E-state index contributed by atoms with van der Waals surface area (Å²) in [5.41, 5.74) is 5.10. The fourth-order valence-corrected chi connectivity index (χ4v) is 3.27. The number of ether oxygens (including phenoxy) is 1. The van der Waals surface area contributed by atoms with Gasteiger partial charge in [0, 0.05) is 36.2 Å². The SMILES string of the molecule is CCN(CC)c1ccc(Nc2nc(C)cc(Nc3ccccc3OC)n2)c(C)c1. The minimum Gasteiger partial charge on any atom is -0.495 e. The van der Waals surface area contributed by atoms with Crippen LogP contribution in [-0.4, -0.2) is 30.2 Å². The number of benzene rings is 2. The summed E-state index contributed by atoms with van der Waals surface area (Å²) in [4.78, 5) is 11.5. The van der Waals surface area contributed by atoms with Gasteiger partial charge in [-0.1, -0.05) is 12.1 Å². The maximum absolute atomic E-state index is 5.41. The molecule has 0 fully saturated rings. The first-order valence-electron chi connectivity index (χ1n) is 9.92. The molecule has 2 aromatic carbocycles. The predicted molar refractivity (Wildman–Crippen MR) is 121 cm³/mol. The van der Waals surface area contributed by atoms with Gasteiger partial charge in [-0.15, -0.1) is 0 Å². The molecule has 3 aromatic rings. The molecule has 29 heavy (non-hydrogen) atoms. The molecule has 0 saturated heterocycles. The van der Waals surface area contributed by atoms with Gasteiger partial charge < -0.3 is 20.3 Å². The Balaban J connectivity index is 1.83. The lowest BCUT2D eigenvalue weighted by Gasteiger charge is -2.22. The molecular formula is C23H29N5O. The van der Waals surface area contributed by atoms with E-state index < -0.39 is 0 Å². The average molecular weight is 392 g/mol. The molecule has 0 spiro atoms. The van der Waals surface area contributed by atoms with Crippen molar-refractivity contribution in [3.05, 3.63) is 59.8 Å². The van der Waals surface area contributed by atoms with Crippen LogP contribution in [0.1, 0.15) is 25.1 Å². The Morgan fingerprint density at radius 2 is 1.66 bits per heavy atom. The van der Waals surface area contributed by atoms with E-state index in [1.54, 1.807) is 7.11 Å². The largest absolute Gasteiger partial charge is 0.495 e. The quantitative estimate of drug-likeness (QED) is 0.533. The standard InChI is InChI=1S/C23H29N5O/c1-6-28(7-2)18-12-13-19(16(3)14-18)26-23-24-17(4)15-22(27-23)25-20-10-8-9-11-21(20)29-5/h8-15H,6-7H2,1-5H3,(H2,24,25,26,27). The average Bonchev–Trinajstić information content (AvgIpc) is 2.71. The molecule has 6 nitrogen and oxygen atoms in total. The van der Waals surface area contributed by atoms with Crippen molar-refractivity contribution in [2.24, 2.45) is 0 Å². The Morgan fingerprint density at radius 1 is 0.897 bits per heavy atom. The maximum Gasteiger partial charge on any atom is 0.229 e. The second kappa shape index (κ2) is 9.28. The normalized spacial score (nSPS) is 10.5. The van der Waals surface area contributed by atoms with Crippen molar-refractivity contribution in [2.45, 2.75) is 27.7 Å². The molecule has 152 valence electrons. The number of rotatable bonds is 8. The Labute approximate surface area is 173 Å². The van der Waals surface area contributed by atoms with Crippen molar-refractivity contribution >= 4 is 28.8 Å². The summed E-state index contributed by atoms with van der Waals surface area (Å²) >= 11 is 0. The second-order valence-corrected chi connectivity index (χ2v) is 6.84. The van der Waals surface area contributed by atoms with Crippen molar-refractivity contribution in [2.75, 3.05) is 35.7 Å². The van der Waals surface area contributed by atoms with Crippen molar-refractivity contribution in [3.8, 4) is 5.75 Å². The molecule has 0 saturated carbocycles. The van der Waals surface area contributed by atoms with Gasteiger partial charge in [0.05, 0.1) is 12.8 Å². The molecule has 0 amide bonds. The molecule has 0 radical (unpaired) electrons. The molecule has 1 heterocycles. The van der Waals surface area contributed by atoms with E-state index in [-0.39, 0.29) is 0 Å². The molecule has 0 aliphatic heterocycles. The van der Waals surface area contributed by atoms with Crippen LogP contribution in [0.25, 0.3) is 0 Å². The molecule has 0 aliphatic rings. The van der Waals surface area contributed by atoms with E-state index in [0.717, 1.165) is 41.5 Å². The van der Waals surface area contributed by atoms with E-state index >= 15 is 0 Å². The number of hydrogen-bond donors (Lipinski definition) is 2. The third-order valence-electron chi connectivity index (χ3n) is 4.81. The molecule has 3 rings (SSSR count). The molecule has 0 bridgehead atoms. The van der Waals surface area contributed by atoms with Crippen LogP contribution in [0.2, 0.25) is 0 Å². The van der Waals surface area contributed by atoms with Gasteiger partial charge in [-0.2, -0.15) is 4.98 Å². The van der Waals surface area contributed by atoms with Crippen LogP contribution in [-0.2, 0) is 0 Å². The number of anilines is 5. The molecule has 0 aliphatic carbocycles. The van der Waals surface area contributed by atoms with E-state index in [2.05, 4.69) is 64.5 Å². The van der Waals surface area contributed by atoms with Crippen LogP contribution in [0.15, 0.2) is 48.5 Å². The predicted octanol–water partition coefficient (Wildman–Crippen LogP) is 5.44. The van der Waals surface area contributed by atoms with Crippen molar-refractivity contribution < 1.29 is 4.74 Å². The van der Waals surface area contributed by atoms with Crippen LogP contribution < -0.4 is 20.3 Å². The van der Waals surface area contributed by atoms with E-state index in [1.807, 2.05) is 37.3 Å². The second-order valence-electron chi connectivity index (χ2n) is 6.84. The first kappa shape index (κ1) is 20.5. The molecule has 6 heteroatoms. The van der Waals surface area contributed by atoms with Gasteiger partial charge in [-0.05, 0) is 63.6 Å². The van der Waals surface area contributed by atoms with Gasteiger partial charge >= 0.3 is 0 Å². The first-order chi connectivity index (χ1) is 14.0. The van der Waals surface area contributed by atoms with Gasteiger partial charge in [0.2, 0.25) is 5.95 Å². The lowest BCUT2D eigenvalue weighted by Crippen LogP contribution is -2.21. The number of nitrogens with one attached hydrogen (secondary N) is 2. The molecule has 0 unspecified atom stereocenters. The highest BCUT2D eigenvalue weighted by Crippen LogP contribution is 2.28. The minimum atomic E-state index is 0.557. The smallest absolute Gasteiger partial charge is 0.229 e. The van der Waals surface area contributed by atoms with Crippen molar-refractivity contribution in [1.82, 2.24) is 9.97 Å². The number of aromatic nitrogens is 2. The summed E-state index contributed by atoms with van der Waals surface area (Å²) in [6.45, 7) is 10.4. The van der Waals surface area contributed by atoms with Crippen LogP contribution in [0.3, 0.4) is 0 Å². The summed E-state index contributed by atoms with van der Waals surface area (Å²) in [5.74, 6) is 2.03. The van der Waals surface area contributed by atoms with Gasteiger partial charge in [0.25, 0.3) is 0 Å². The zero-order chi connectivity index (χ0) is 20.8. The van der Waals surface area contributed by atoms with Gasteiger partial charge in [-0.25, -0.2) is 4.98 Å². The Hall–Kier alpha value is -3.28. The van der Waals surface area contributed by atoms with Crippen molar-refractivity contribution in [3.63, 3.8) is 0 Å². The lowest BCUT2D eigenvalue weighted by molar-refractivity contribution is 0.417. The molecular weight excluding hydrogens is 362 g/mol. The number of para-hydroxylation sites is 2. The van der Waals surface area contributed by atoms with E-state index in [0.29, 0.717) is 11.8 Å². The Kier molecular flexibility index (Phi) is 6.54. The Morgan fingerprint density at radius 3 is 2.34 bits per heavy atom. The molecule has 1 aromatic heterocycles. The lowest BCUT2D eigenvalue weighted by atomic mass is 10.1. The van der Waals surface area contributed by atoms with E-state index in [1.165, 1.54) is 5.69 Å². The van der Waals surface area contributed by atoms with Gasteiger partial charge in [0.15, 0.2) is 0 Å². The first-order valence-corrected chi connectivity index (χ1v) is 9.92. The maximum atomic E-state index is 5.41. The number of methoxy groups -OCH3 is 1. The highest BCUT2D eigenvalue weighted by molar-refractivity contribution is 5.67. The van der Waals surface area contributed by atoms with E-state index in [4.69, 9.17) is 4.74 Å². The summed E-state index contributed by atoms with van der Waals surface area (Å²) in [7, 11) is 1.66. The number of hydrogen-bond acceptors (Lipinski definition) is 6. The number of aryl methyl sites for hydroxylation is 2. The minimum absolute atomic E-state index is 0.557. The summed E-state index contributed by atoms with van der Waals surface area (Å²) in [6.07, 6.45) is 0. The van der Waals surface area contributed by atoms with Crippen LogP contribution in [0.5, 0.6) is 5.75 Å². The van der Waals surface area contributed by atoms with Crippen LogP contribution >= 0.6 is 0 Å². The Bertz CT molecular complexity index is 969. The fraction of sp³-hybridized carbons (Fsp3) is 0.304. The monoisotopic (exact) mass is 391 g/mol. The highest BCUT2D eigenvalue weighted by atomic mass is 16.5. The topological polar surface area (TPSA) is 62.3 Å². The van der Waals surface area contributed by atoms with E-state index in [9.17, 15) is 0 Å². The van der Waals surface area contributed by atoms with Gasteiger partial charge in [-0.3, -0.25) is 0 Å².